The first-order chi connectivity index (χ1) is 8.97. The summed E-state index contributed by atoms with van der Waals surface area (Å²) in [6.45, 7) is 1.82. The molecule has 0 saturated carbocycles. The Bertz CT molecular complexity index is 602. The molecule has 0 heterocycles. The van der Waals surface area contributed by atoms with Crippen molar-refractivity contribution in [2.24, 2.45) is 0 Å². The Balaban J connectivity index is 2.27. The number of benzene rings is 2. The van der Waals surface area contributed by atoms with Crippen LogP contribution in [0.1, 0.15) is 18.5 Å². The molecule has 5 heteroatoms. The van der Waals surface area contributed by atoms with Gasteiger partial charge in [-0.1, -0.05) is 15.9 Å². The maximum absolute atomic E-state index is 13.8. The standard InChI is InChI=1S/C14H11Br2F2N/c1-8(11-6-9(15)2-5-13(11)18)19-14-7-10(17)3-4-12(14)16/h2-8,19H,1H3. The van der Waals surface area contributed by atoms with E-state index >= 15 is 0 Å². The lowest BCUT2D eigenvalue weighted by Gasteiger charge is -2.18. The van der Waals surface area contributed by atoms with Crippen LogP contribution in [0.3, 0.4) is 0 Å². The van der Waals surface area contributed by atoms with E-state index in [9.17, 15) is 8.78 Å². The molecule has 0 spiro atoms. The molecule has 0 fully saturated rings. The maximum Gasteiger partial charge on any atom is 0.128 e. The van der Waals surface area contributed by atoms with Gasteiger partial charge in [0, 0.05) is 14.5 Å². The number of hydrogen-bond acceptors (Lipinski definition) is 1. The molecule has 0 aromatic heterocycles. The third kappa shape index (κ3) is 3.54. The SMILES string of the molecule is CC(Nc1cc(F)ccc1Br)c1cc(Br)ccc1F. The van der Waals surface area contributed by atoms with Crippen LogP contribution in [0.2, 0.25) is 0 Å². The highest BCUT2D eigenvalue weighted by Crippen LogP contribution is 2.29. The number of halogens is 4. The minimum atomic E-state index is -0.340. The fourth-order valence-electron chi connectivity index (χ4n) is 1.77. The summed E-state index contributed by atoms with van der Waals surface area (Å²) in [6.07, 6.45) is 0. The predicted molar refractivity (Wildman–Crippen MR) is 80.2 cm³/mol. The van der Waals surface area contributed by atoms with Crippen molar-refractivity contribution in [3.63, 3.8) is 0 Å². The summed E-state index contributed by atoms with van der Waals surface area (Å²) < 4.78 is 28.5. The molecule has 19 heavy (non-hydrogen) atoms. The van der Waals surface area contributed by atoms with E-state index in [1.165, 1.54) is 18.2 Å². The third-order valence-electron chi connectivity index (χ3n) is 2.72. The minimum Gasteiger partial charge on any atom is -0.377 e. The summed E-state index contributed by atoms with van der Waals surface area (Å²) in [7, 11) is 0. The predicted octanol–water partition coefficient (Wildman–Crippen LogP) is 5.66. The van der Waals surface area contributed by atoms with Gasteiger partial charge in [0.2, 0.25) is 0 Å². The maximum atomic E-state index is 13.8. The summed E-state index contributed by atoms with van der Waals surface area (Å²) in [5.41, 5.74) is 1.11. The molecule has 1 N–H and O–H groups in total. The average molecular weight is 391 g/mol. The molecule has 2 rings (SSSR count). The van der Waals surface area contributed by atoms with E-state index in [2.05, 4.69) is 37.2 Å². The van der Waals surface area contributed by atoms with Crippen LogP contribution in [0.15, 0.2) is 45.3 Å². The molecule has 0 bridgehead atoms. The van der Waals surface area contributed by atoms with E-state index in [0.717, 1.165) is 8.95 Å². The largest absolute Gasteiger partial charge is 0.377 e. The zero-order valence-electron chi connectivity index (χ0n) is 10.1. The second kappa shape index (κ2) is 6.01. The Morgan fingerprint density at radius 1 is 1.05 bits per heavy atom. The Labute approximate surface area is 127 Å². The highest BCUT2D eigenvalue weighted by molar-refractivity contribution is 9.10. The summed E-state index contributed by atoms with van der Waals surface area (Å²) in [6, 6.07) is 8.82. The van der Waals surface area contributed by atoms with Crippen molar-refractivity contribution in [2.45, 2.75) is 13.0 Å². The Hall–Kier alpha value is -0.940. The summed E-state index contributed by atoms with van der Waals surface area (Å²) >= 11 is 6.64. The topological polar surface area (TPSA) is 12.0 Å². The van der Waals surface area contributed by atoms with Crippen molar-refractivity contribution >= 4 is 37.5 Å². The Morgan fingerprint density at radius 2 is 1.79 bits per heavy atom. The van der Waals surface area contributed by atoms with E-state index in [1.54, 1.807) is 18.2 Å². The summed E-state index contributed by atoms with van der Waals surface area (Å²) in [4.78, 5) is 0. The summed E-state index contributed by atoms with van der Waals surface area (Å²) in [5, 5.41) is 3.09. The number of nitrogens with one attached hydrogen (secondary N) is 1. The Kier molecular flexibility index (Phi) is 4.58. The lowest BCUT2D eigenvalue weighted by molar-refractivity contribution is 0.599. The molecule has 1 unspecified atom stereocenters. The van der Waals surface area contributed by atoms with Crippen LogP contribution in [0, 0.1) is 11.6 Å². The average Bonchev–Trinajstić information content (AvgIpc) is 2.36. The van der Waals surface area contributed by atoms with E-state index < -0.39 is 0 Å². The molecule has 0 amide bonds. The van der Waals surface area contributed by atoms with Crippen LogP contribution in [0.4, 0.5) is 14.5 Å². The molecular formula is C14H11Br2F2N. The third-order valence-corrected chi connectivity index (χ3v) is 3.91. The van der Waals surface area contributed by atoms with Gasteiger partial charge in [-0.05, 0) is 59.3 Å². The van der Waals surface area contributed by atoms with Crippen molar-refractivity contribution in [1.82, 2.24) is 0 Å². The second-order valence-corrected chi connectivity index (χ2v) is 5.93. The molecule has 0 saturated heterocycles. The van der Waals surface area contributed by atoms with Gasteiger partial charge in [-0.3, -0.25) is 0 Å². The monoisotopic (exact) mass is 389 g/mol. The van der Waals surface area contributed by atoms with Gasteiger partial charge in [-0.15, -0.1) is 0 Å². The highest BCUT2D eigenvalue weighted by atomic mass is 79.9. The number of rotatable bonds is 3. The van der Waals surface area contributed by atoms with Crippen LogP contribution in [-0.4, -0.2) is 0 Å². The van der Waals surface area contributed by atoms with Crippen LogP contribution < -0.4 is 5.32 Å². The quantitative estimate of drug-likeness (QED) is 0.712. The zero-order chi connectivity index (χ0) is 14.0. The van der Waals surface area contributed by atoms with Crippen LogP contribution >= 0.6 is 31.9 Å². The number of hydrogen-bond donors (Lipinski definition) is 1. The molecule has 2 aromatic rings. The van der Waals surface area contributed by atoms with E-state index in [4.69, 9.17) is 0 Å². The normalized spacial score (nSPS) is 12.3. The molecule has 0 aliphatic carbocycles. The minimum absolute atomic E-state index is 0.282. The highest BCUT2D eigenvalue weighted by Gasteiger charge is 2.13. The van der Waals surface area contributed by atoms with Crippen LogP contribution in [0.25, 0.3) is 0 Å². The molecule has 1 nitrogen and oxygen atoms in total. The lowest BCUT2D eigenvalue weighted by atomic mass is 10.1. The van der Waals surface area contributed by atoms with Gasteiger partial charge >= 0.3 is 0 Å². The zero-order valence-corrected chi connectivity index (χ0v) is 13.2. The Morgan fingerprint density at radius 3 is 2.53 bits per heavy atom. The van der Waals surface area contributed by atoms with Gasteiger partial charge in [-0.2, -0.15) is 0 Å². The van der Waals surface area contributed by atoms with Gasteiger partial charge in [0.05, 0.1) is 11.7 Å². The summed E-state index contributed by atoms with van der Waals surface area (Å²) in [5.74, 6) is -0.636. The van der Waals surface area contributed by atoms with Gasteiger partial charge in [-0.25, -0.2) is 8.78 Å². The molecular weight excluding hydrogens is 380 g/mol. The molecule has 0 radical (unpaired) electrons. The first-order valence-electron chi connectivity index (χ1n) is 5.64. The molecule has 100 valence electrons. The van der Waals surface area contributed by atoms with Gasteiger partial charge in [0.15, 0.2) is 0 Å². The molecule has 0 aliphatic rings. The second-order valence-electron chi connectivity index (χ2n) is 4.16. The van der Waals surface area contributed by atoms with Gasteiger partial charge in [0.1, 0.15) is 11.6 Å². The van der Waals surface area contributed by atoms with Crippen LogP contribution in [0.5, 0.6) is 0 Å². The van der Waals surface area contributed by atoms with E-state index in [0.29, 0.717) is 11.3 Å². The molecule has 2 aromatic carbocycles. The van der Waals surface area contributed by atoms with Crippen molar-refractivity contribution in [1.29, 1.82) is 0 Å². The van der Waals surface area contributed by atoms with Crippen molar-refractivity contribution in [3.8, 4) is 0 Å². The van der Waals surface area contributed by atoms with Crippen molar-refractivity contribution in [2.75, 3.05) is 5.32 Å². The van der Waals surface area contributed by atoms with Crippen LogP contribution in [-0.2, 0) is 0 Å². The van der Waals surface area contributed by atoms with Crippen molar-refractivity contribution < 1.29 is 8.78 Å². The van der Waals surface area contributed by atoms with E-state index in [-0.39, 0.29) is 17.7 Å². The lowest BCUT2D eigenvalue weighted by Crippen LogP contribution is -2.09. The smallest absolute Gasteiger partial charge is 0.128 e. The fourth-order valence-corrected chi connectivity index (χ4v) is 2.51. The van der Waals surface area contributed by atoms with Crippen molar-refractivity contribution in [3.05, 3.63) is 62.5 Å². The fraction of sp³-hybridized carbons (Fsp3) is 0.143. The number of anilines is 1. The van der Waals surface area contributed by atoms with E-state index in [1.807, 2.05) is 6.92 Å². The molecule has 0 aliphatic heterocycles. The molecule has 1 atom stereocenters. The van der Waals surface area contributed by atoms with Gasteiger partial charge < -0.3 is 5.32 Å². The van der Waals surface area contributed by atoms with Gasteiger partial charge in [0.25, 0.3) is 0 Å². The first kappa shape index (κ1) is 14.5. The first-order valence-corrected chi connectivity index (χ1v) is 7.22.